The molecule has 0 aliphatic heterocycles. The maximum Gasteiger partial charge on any atom is 0.151 e. The van der Waals surface area contributed by atoms with Crippen LogP contribution in [0.3, 0.4) is 0 Å². The first-order valence-corrected chi connectivity index (χ1v) is 4.21. The van der Waals surface area contributed by atoms with Gasteiger partial charge in [0, 0.05) is 6.20 Å². The second-order valence-corrected chi connectivity index (χ2v) is 3.11. The van der Waals surface area contributed by atoms with Gasteiger partial charge in [0.05, 0.1) is 11.2 Å². The molecular formula is C9H5ClF2N2. The molecule has 0 N–H and O–H groups in total. The summed E-state index contributed by atoms with van der Waals surface area (Å²) in [5.74, 6) is -1.35. The van der Waals surface area contributed by atoms with Crippen molar-refractivity contribution in [2.75, 3.05) is 0 Å². The SMILES string of the molecule is Fc1cccc(F)c1-n1cc(Cl)cn1. The van der Waals surface area contributed by atoms with Crippen molar-refractivity contribution in [2.45, 2.75) is 0 Å². The minimum Gasteiger partial charge on any atom is -0.233 e. The highest BCUT2D eigenvalue weighted by Gasteiger charge is 2.10. The summed E-state index contributed by atoms with van der Waals surface area (Å²) in [5.41, 5.74) is -0.223. The molecule has 2 rings (SSSR count). The molecule has 2 nitrogen and oxygen atoms in total. The summed E-state index contributed by atoms with van der Waals surface area (Å²) in [5, 5.41) is 4.04. The number of halogens is 3. The third-order valence-electron chi connectivity index (χ3n) is 1.72. The molecule has 0 fully saturated rings. The number of para-hydroxylation sites is 1. The highest BCUT2D eigenvalue weighted by molar-refractivity contribution is 6.30. The first-order valence-electron chi connectivity index (χ1n) is 3.83. The van der Waals surface area contributed by atoms with Crippen LogP contribution in [-0.4, -0.2) is 9.78 Å². The molecule has 0 saturated heterocycles. The van der Waals surface area contributed by atoms with Crippen LogP contribution in [0, 0.1) is 11.6 Å². The fraction of sp³-hybridized carbons (Fsp3) is 0. The molecule has 0 bridgehead atoms. The topological polar surface area (TPSA) is 17.8 Å². The molecule has 0 saturated carbocycles. The molecule has 1 aromatic carbocycles. The van der Waals surface area contributed by atoms with E-state index >= 15 is 0 Å². The van der Waals surface area contributed by atoms with Crippen LogP contribution in [0.15, 0.2) is 30.6 Å². The fourth-order valence-corrected chi connectivity index (χ4v) is 1.27. The smallest absolute Gasteiger partial charge is 0.151 e. The van der Waals surface area contributed by atoms with Gasteiger partial charge in [-0.05, 0) is 12.1 Å². The van der Waals surface area contributed by atoms with E-state index in [2.05, 4.69) is 5.10 Å². The molecule has 5 heteroatoms. The molecule has 1 aromatic heterocycles. The second-order valence-electron chi connectivity index (χ2n) is 2.67. The Bertz CT molecular complexity index is 447. The van der Waals surface area contributed by atoms with Crippen molar-refractivity contribution in [1.82, 2.24) is 9.78 Å². The lowest BCUT2D eigenvalue weighted by molar-refractivity contribution is 0.560. The molecule has 0 aliphatic carbocycles. The Kier molecular flexibility index (Phi) is 2.21. The van der Waals surface area contributed by atoms with Gasteiger partial charge in [-0.25, -0.2) is 13.5 Å². The predicted molar refractivity (Wildman–Crippen MR) is 48.5 cm³/mol. The van der Waals surface area contributed by atoms with Crippen molar-refractivity contribution in [3.8, 4) is 5.69 Å². The molecule has 0 amide bonds. The van der Waals surface area contributed by atoms with E-state index in [0.29, 0.717) is 5.02 Å². The summed E-state index contributed by atoms with van der Waals surface area (Å²) >= 11 is 5.59. The molecule has 0 radical (unpaired) electrons. The first-order chi connectivity index (χ1) is 6.68. The van der Waals surface area contributed by atoms with Gasteiger partial charge in [0.2, 0.25) is 0 Å². The van der Waals surface area contributed by atoms with Gasteiger partial charge in [0.25, 0.3) is 0 Å². The average Bonchev–Trinajstić information content (AvgIpc) is 2.51. The van der Waals surface area contributed by atoms with Crippen LogP contribution < -0.4 is 0 Å². The van der Waals surface area contributed by atoms with Gasteiger partial charge in [0.15, 0.2) is 11.6 Å². The van der Waals surface area contributed by atoms with E-state index in [4.69, 9.17) is 11.6 Å². The maximum atomic E-state index is 13.2. The molecule has 0 aliphatic rings. The number of hydrogen-bond donors (Lipinski definition) is 0. The Hall–Kier alpha value is -1.42. The zero-order valence-corrected chi connectivity index (χ0v) is 7.67. The molecule has 72 valence electrons. The zero-order valence-electron chi connectivity index (χ0n) is 6.92. The third kappa shape index (κ3) is 1.48. The van der Waals surface area contributed by atoms with E-state index in [-0.39, 0.29) is 5.69 Å². The van der Waals surface area contributed by atoms with Gasteiger partial charge >= 0.3 is 0 Å². The number of benzene rings is 1. The summed E-state index contributed by atoms with van der Waals surface area (Å²) in [6, 6.07) is 3.61. The van der Waals surface area contributed by atoms with E-state index in [1.165, 1.54) is 18.5 Å². The Morgan fingerprint density at radius 3 is 2.36 bits per heavy atom. The molecule has 2 aromatic rings. The Morgan fingerprint density at radius 1 is 1.21 bits per heavy atom. The molecule has 0 spiro atoms. The summed E-state index contributed by atoms with van der Waals surface area (Å²) < 4.78 is 27.5. The molecule has 14 heavy (non-hydrogen) atoms. The maximum absolute atomic E-state index is 13.2. The monoisotopic (exact) mass is 214 g/mol. The van der Waals surface area contributed by atoms with Crippen molar-refractivity contribution < 1.29 is 8.78 Å². The number of nitrogens with zero attached hydrogens (tertiary/aromatic N) is 2. The lowest BCUT2D eigenvalue weighted by Gasteiger charge is -2.03. The second kappa shape index (κ2) is 3.38. The quantitative estimate of drug-likeness (QED) is 0.714. The summed E-state index contributed by atoms with van der Waals surface area (Å²) in [6.07, 6.45) is 2.65. The number of aromatic nitrogens is 2. The minimum absolute atomic E-state index is 0.223. The van der Waals surface area contributed by atoms with Crippen LogP contribution in [0.1, 0.15) is 0 Å². The Balaban J connectivity index is 2.61. The standard InChI is InChI=1S/C9H5ClF2N2/c10-6-4-13-14(5-6)9-7(11)2-1-3-8(9)12/h1-5H. The van der Waals surface area contributed by atoms with Gasteiger partial charge in [0.1, 0.15) is 5.69 Å². The van der Waals surface area contributed by atoms with Crippen molar-refractivity contribution in [3.63, 3.8) is 0 Å². The third-order valence-corrected chi connectivity index (χ3v) is 1.91. The zero-order chi connectivity index (χ0) is 10.1. The molecular weight excluding hydrogens is 210 g/mol. The van der Waals surface area contributed by atoms with Crippen LogP contribution in [-0.2, 0) is 0 Å². The van der Waals surface area contributed by atoms with Gasteiger partial charge < -0.3 is 0 Å². The van der Waals surface area contributed by atoms with Crippen LogP contribution in [0.25, 0.3) is 5.69 Å². The van der Waals surface area contributed by atoms with Crippen LogP contribution >= 0.6 is 11.6 Å². The highest BCUT2D eigenvalue weighted by atomic mass is 35.5. The molecule has 1 heterocycles. The van der Waals surface area contributed by atoms with E-state index in [9.17, 15) is 8.78 Å². The van der Waals surface area contributed by atoms with Crippen LogP contribution in [0.5, 0.6) is 0 Å². The lowest BCUT2D eigenvalue weighted by atomic mass is 10.3. The lowest BCUT2D eigenvalue weighted by Crippen LogP contribution is -2.01. The summed E-state index contributed by atoms with van der Waals surface area (Å²) in [4.78, 5) is 0. The Labute approximate surface area is 83.7 Å². The van der Waals surface area contributed by atoms with E-state index in [0.717, 1.165) is 16.8 Å². The van der Waals surface area contributed by atoms with Gasteiger partial charge in [-0.15, -0.1) is 0 Å². The number of rotatable bonds is 1. The van der Waals surface area contributed by atoms with Gasteiger partial charge in [-0.2, -0.15) is 5.10 Å². The predicted octanol–water partition coefficient (Wildman–Crippen LogP) is 2.80. The van der Waals surface area contributed by atoms with Gasteiger partial charge in [-0.3, -0.25) is 0 Å². The summed E-state index contributed by atoms with van der Waals surface area (Å²) in [6.45, 7) is 0. The van der Waals surface area contributed by atoms with Gasteiger partial charge in [-0.1, -0.05) is 17.7 Å². The normalized spacial score (nSPS) is 10.5. The van der Waals surface area contributed by atoms with Crippen molar-refractivity contribution in [1.29, 1.82) is 0 Å². The van der Waals surface area contributed by atoms with Crippen molar-refractivity contribution in [3.05, 3.63) is 47.2 Å². The fourth-order valence-electron chi connectivity index (χ4n) is 1.13. The molecule has 0 unspecified atom stereocenters. The Morgan fingerprint density at radius 2 is 1.86 bits per heavy atom. The largest absolute Gasteiger partial charge is 0.233 e. The average molecular weight is 215 g/mol. The van der Waals surface area contributed by atoms with Crippen molar-refractivity contribution >= 4 is 11.6 Å². The number of hydrogen-bond acceptors (Lipinski definition) is 1. The van der Waals surface area contributed by atoms with E-state index in [1.54, 1.807) is 0 Å². The van der Waals surface area contributed by atoms with E-state index < -0.39 is 11.6 Å². The van der Waals surface area contributed by atoms with Crippen molar-refractivity contribution in [2.24, 2.45) is 0 Å². The van der Waals surface area contributed by atoms with E-state index in [1.807, 2.05) is 0 Å². The highest BCUT2D eigenvalue weighted by Crippen LogP contribution is 2.18. The first kappa shape index (κ1) is 9.15. The van der Waals surface area contributed by atoms with Crippen LogP contribution in [0.4, 0.5) is 8.78 Å². The molecule has 0 atom stereocenters. The minimum atomic E-state index is -0.676. The van der Waals surface area contributed by atoms with Crippen LogP contribution in [0.2, 0.25) is 5.02 Å². The summed E-state index contributed by atoms with van der Waals surface area (Å²) in [7, 11) is 0.